The van der Waals surface area contributed by atoms with Gasteiger partial charge in [-0.1, -0.05) is 60.7 Å². The van der Waals surface area contributed by atoms with E-state index in [2.05, 4.69) is 15.4 Å². The number of nitrogens with zero attached hydrogens (tertiary/aromatic N) is 3. The Balaban J connectivity index is 1.52. The van der Waals surface area contributed by atoms with Crippen LogP contribution < -0.4 is 10.1 Å². The van der Waals surface area contributed by atoms with Gasteiger partial charge in [-0.15, -0.1) is 0 Å². The number of rotatable bonds is 7. The first-order chi connectivity index (χ1) is 17.2. The molecule has 0 spiro atoms. The van der Waals surface area contributed by atoms with E-state index in [9.17, 15) is 9.18 Å². The van der Waals surface area contributed by atoms with E-state index in [0.717, 1.165) is 11.1 Å². The van der Waals surface area contributed by atoms with E-state index in [1.165, 1.54) is 12.4 Å². The van der Waals surface area contributed by atoms with Gasteiger partial charge in [-0.3, -0.25) is 0 Å². The summed E-state index contributed by atoms with van der Waals surface area (Å²) in [6.45, 7) is 2.12. The van der Waals surface area contributed by atoms with Crippen molar-refractivity contribution in [3.8, 4) is 5.75 Å². The second-order valence-corrected chi connectivity index (χ2v) is 7.88. The van der Waals surface area contributed by atoms with Gasteiger partial charge in [0.1, 0.15) is 30.5 Å². The summed E-state index contributed by atoms with van der Waals surface area (Å²) in [5.41, 5.74) is 3.15. The fraction of sp³-hybridized carbons (Fsp3) is 0.148. The van der Waals surface area contributed by atoms with Crippen molar-refractivity contribution in [1.82, 2.24) is 14.8 Å². The van der Waals surface area contributed by atoms with Gasteiger partial charge in [-0.05, 0) is 36.2 Å². The van der Waals surface area contributed by atoms with Crippen molar-refractivity contribution < 1.29 is 18.7 Å². The molecular formula is C27H23FN4O3. The Hall–Kier alpha value is -4.46. The van der Waals surface area contributed by atoms with Crippen molar-refractivity contribution >= 4 is 17.6 Å². The molecule has 0 saturated carbocycles. The Morgan fingerprint density at radius 3 is 2.51 bits per heavy atom. The quantitative estimate of drug-likeness (QED) is 0.384. The number of benzene rings is 3. The van der Waals surface area contributed by atoms with E-state index in [1.807, 2.05) is 42.5 Å². The highest BCUT2D eigenvalue weighted by Gasteiger charge is 2.36. The van der Waals surface area contributed by atoms with Crippen LogP contribution in [0.25, 0.3) is 5.70 Å². The largest absolute Gasteiger partial charge is 0.489 e. The molecule has 1 aromatic heterocycles. The highest BCUT2D eigenvalue weighted by Crippen LogP contribution is 2.39. The standard InChI is InChI=1S/C27H23FN4O3/c1-2-34-26(33)23-24(18-8-4-3-5-9-18)31-27-29-17-30-32(27)25(23)19-12-14-21(15-13-19)35-16-20-10-6-7-11-22(20)28/h3-15,17,25H,2,16H2,1H3,(H,29,30,31)/t25-/m0/s1. The van der Waals surface area contributed by atoms with Crippen LogP contribution >= 0.6 is 0 Å². The van der Waals surface area contributed by atoms with E-state index in [1.54, 1.807) is 41.9 Å². The van der Waals surface area contributed by atoms with Gasteiger partial charge in [-0.25, -0.2) is 13.9 Å². The molecule has 1 atom stereocenters. The van der Waals surface area contributed by atoms with E-state index in [-0.39, 0.29) is 19.0 Å². The molecule has 1 aliphatic rings. The first-order valence-electron chi connectivity index (χ1n) is 11.2. The second-order valence-electron chi connectivity index (χ2n) is 7.88. The maximum atomic E-state index is 13.9. The molecule has 0 fully saturated rings. The fourth-order valence-electron chi connectivity index (χ4n) is 4.05. The molecule has 4 aromatic rings. The molecule has 0 radical (unpaired) electrons. The number of carbonyl (C=O) groups is 1. The number of hydrogen-bond acceptors (Lipinski definition) is 6. The van der Waals surface area contributed by atoms with Gasteiger partial charge < -0.3 is 14.8 Å². The Kier molecular flexibility index (Phi) is 6.26. The van der Waals surface area contributed by atoms with Crippen LogP contribution in [0.3, 0.4) is 0 Å². The van der Waals surface area contributed by atoms with E-state index in [4.69, 9.17) is 9.47 Å². The van der Waals surface area contributed by atoms with Crippen molar-refractivity contribution in [2.45, 2.75) is 19.6 Å². The number of fused-ring (bicyclic) bond motifs is 1. The summed E-state index contributed by atoms with van der Waals surface area (Å²) in [7, 11) is 0. The van der Waals surface area contributed by atoms with E-state index in [0.29, 0.717) is 28.5 Å². The molecule has 35 heavy (non-hydrogen) atoms. The first-order valence-corrected chi connectivity index (χ1v) is 11.2. The van der Waals surface area contributed by atoms with Crippen molar-refractivity contribution in [2.75, 3.05) is 11.9 Å². The molecule has 0 bridgehead atoms. The predicted octanol–water partition coefficient (Wildman–Crippen LogP) is 4.99. The van der Waals surface area contributed by atoms with Crippen LogP contribution in [0.15, 0.2) is 90.8 Å². The molecule has 8 heteroatoms. The molecule has 2 heterocycles. The summed E-state index contributed by atoms with van der Waals surface area (Å²) in [6.07, 6.45) is 1.44. The number of aromatic nitrogens is 3. The van der Waals surface area contributed by atoms with Gasteiger partial charge in [0, 0.05) is 5.56 Å². The van der Waals surface area contributed by atoms with E-state index < -0.39 is 12.0 Å². The Morgan fingerprint density at radius 2 is 1.77 bits per heavy atom. The van der Waals surface area contributed by atoms with Crippen molar-refractivity contribution in [3.05, 3.63) is 113 Å². The van der Waals surface area contributed by atoms with Crippen LogP contribution in [-0.4, -0.2) is 27.3 Å². The number of hydrogen-bond donors (Lipinski definition) is 1. The lowest BCUT2D eigenvalue weighted by molar-refractivity contribution is -0.138. The number of nitrogens with one attached hydrogen (secondary N) is 1. The number of anilines is 1. The van der Waals surface area contributed by atoms with Gasteiger partial charge in [0.05, 0.1) is 17.9 Å². The number of halogens is 1. The minimum atomic E-state index is -0.566. The Bertz CT molecular complexity index is 1370. The average Bonchev–Trinajstić information content (AvgIpc) is 3.37. The monoisotopic (exact) mass is 470 g/mol. The van der Waals surface area contributed by atoms with Gasteiger partial charge >= 0.3 is 5.97 Å². The van der Waals surface area contributed by atoms with Crippen LogP contribution in [0.5, 0.6) is 5.75 Å². The second kappa shape index (κ2) is 9.80. The third-order valence-corrected chi connectivity index (χ3v) is 5.70. The highest BCUT2D eigenvalue weighted by atomic mass is 19.1. The SMILES string of the molecule is CCOC(=O)C1=C(c2ccccc2)Nc2ncnn2[C@H]1c1ccc(OCc2ccccc2F)cc1. The van der Waals surface area contributed by atoms with Crippen LogP contribution in [0.4, 0.5) is 10.3 Å². The highest BCUT2D eigenvalue weighted by molar-refractivity contribution is 6.02. The summed E-state index contributed by atoms with van der Waals surface area (Å²) < 4.78 is 26.8. The number of esters is 1. The normalized spacial score (nSPS) is 14.7. The summed E-state index contributed by atoms with van der Waals surface area (Å²) in [6, 6.07) is 22.8. The van der Waals surface area contributed by atoms with Crippen molar-refractivity contribution in [2.24, 2.45) is 0 Å². The number of ether oxygens (including phenoxy) is 2. The smallest absolute Gasteiger partial charge is 0.338 e. The molecule has 5 rings (SSSR count). The minimum absolute atomic E-state index is 0.110. The predicted molar refractivity (Wildman–Crippen MR) is 129 cm³/mol. The number of carbonyl (C=O) groups excluding carboxylic acids is 1. The molecule has 176 valence electrons. The lowest BCUT2D eigenvalue weighted by Gasteiger charge is -2.29. The van der Waals surface area contributed by atoms with Crippen molar-refractivity contribution in [1.29, 1.82) is 0 Å². The average molecular weight is 471 g/mol. The molecule has 0 amide bonds. The summed E-state index contributed by atoms with van der Waals surface area (Å²) in [5, 5.41) is 7.62. The molecule has 0 saturated heterocycles. The lowest BCUT2D eigenvalue weighted by atomic mass is 9.93. The lowest BCUT2D eigenvalue weighted by Crippen LogP contribution is -2.30. The Labute approximate surface area is 201 Å². The first kappa shape index (κ1) is 22.3. The molecule has 0 unspecified atom stereocenters. The zero-order valence-corrected chi connectivity index (χ0v) is 19.0. The fourth-order valence-corrected chi connectivity index (χ4v) is 4.05. The minimum Gasteiger partial charge on any atom is -0.489 e. The van der Waals surface area contributed by atoms with Crippen LogP contribution in [-0.2, 0) is 16.1 Å². The third-order valence-electron chi connectivity index (χ3n) is 5.70. The van der Waals surface area contributed by atoms with Gasteiger partial charge in [0.2, 0.25) is 5.95 Å². The molecule has 1 N–H and O–H groups in total. The van der Waals surface area contributed by atoms with Gasteiger partial charge in [0.25, 0.3) is 0 Å². The third kappa shape index (κ3) is 4.50. The zero-order chi connectivity index (χ0) is 24.2. The Morgan fingerprint density at radius 1 is 1.03 bits per heavy atom. The van der Waals surface area contributed by atoms with Crippen LogP contribution in [0, 0.1) is 5.82 Å². The topological polar surface area (TPSA) is 78.3 Å². The molecule has 1 aliphatic heterocycles. The van der Waals surface area contributed by atoms with Crippen molar-refractivity contribution in [3.63, 3.8) is 0 Å². The summed E-state index contributed by atoms with van der Waals surface area (Å²) in [4.78, 5) is 17.5. The van der Waals surface area contributed by atoms with Crippen LogP contribution in [0.2, 0.25) is 0 Å². The zero-order valence-electron chi connectivity index (χ0n) is 19.0. The van der Waals surface area contributed by atoms with Crippen LogP contribution in [0.1, 0.15) is 29.7 Å². The summed E-state index contributed by atoms with van der Waals surface area (Å²) >= 11 is 0. The maximum Gasteiger partial charge on any atom is 0.338 e. The molecular weight excluding hydrogens is 447 g/mol. The summed E-state index contributed by atoms with van der Waals surface area (Å²) in [5.74, 6) is 0.344. The van der Waals surface area contributed by atoms with Gasteiger partial charge in [0.15, 0.2) is 0 Å². The molecule has 7 nitrogen and oxygen atoms in total. The molecule has 3 aromatic carbocycles. The van der Waals surface area contributed by atoms with E-state index >= 15 is 0 Å². The molecule has 0 aliphatic carbocycles. The van der Waals surface area contributed by atoms with Gasteiger partial charge in [-0.2, -0.15) is 10.1 Å². The maximum absolute atomic E-state index is 13.9.